The Morgan fingerprint density at radius 3 is 2.71 bits per heavy atom. The lowest BCUT2D eigenvalue weighted by molar-refractivity contribution is -0.0166. The van der Waals surface area contributed by atoms with Crippen LogP contribution in [0.5, 0.6) is 5.75 Å². The van der Waals surface area contributed by atoms with Gasteiger partial charge in [-0.25, -0.2) is 0 Å². The summed E-state index contributed by atoms with van der Waals surface area (Å²) in [6.45, 7) is 6.20. The van der Waals surface area contributed by atoms with Gasteiger partial charge in [0.05, 0.1) is 25.9 Å². The molecule has 2 unspecified atom stereocenters. The minimum absolute atomic E-state index is 0. The molecule has 2 aliphatic heterocycles. The lowest BCUT2D eigenvalue weighted by Gasteiger charge is -2.35. The number of benzene rings is 1. The third-order valence-electron chi connectivity index (χ3n) is 4.35. The number of nitrogens with zero attached hydrogens (tertiary/aromatic N) is 1. The first-order chi connectivity index (χ1) is 9.75. The number of rotatable bonds is 3. The van der Waals surface area contributed by atoms with E-state index in [1.165, 1.54) is 5.56 Å². The Balaban J connectivity index is 0.00000161. The lowest BCUT2D eigenvalue weighted by Crippen LogP contribution is -2.44. The topological polar surface area (TPSA) is 41.9 Å². The molecule has 21 heavy (non-hydrogen) atoms. The number of hydrogen-bond donors (Lipinski definition) is 1. The predicted molar refractivity (Wildman–Crippen MR) is 84.3 cm³/mol. The average Bonchev–Trinajstić information content (AvgIpc) is 2.54. The summed E-state index contributed by atoms with van der Waals surface area (Å²) in [6, 6.07) is 6.21. The van der Waals surface area contributed by atoms with Crippen molar-refractivity contribution >= 4 is 12.4 Å². The van der Waals surface area contributed by atoms with Crippen LogP contribution in [0.25, 0.3) is 0 Å². The van der Waals surface area contributed by atoms with Crippen molar-refractivity contribution in [2.24, 2.45) is 0 Å². The minimum atomic E-state index is -0.458. The van der Waals surface area contributed by atoms with E-state index in [0.717, 1.165) is 57.1 Å². The Labute approximate surface area is 132 Å². The minimum Gasteiger partial charge on any atom is -0.493 e. The van der Waals surface area contributed by atoms with E-state index in [1.54, 1.807) is 0 Å². The molecule has 2 aliphatic rings. The van der Waals surface area contributed by atoms with Crippen molar-refractivity contribution in [2.75, 3.05) is 32.9 Å². The highest BCUT2D eigenvalue weighted by Gasteiger charge is 2.25. The molecule has 0 amide bonds. The van der Waals surface area contributed by atoms with E-state index < -0.39 is 6.10 Å². The van der Waals surface area contributed by atoms with Crippen molar-refractivity contribution in [2.45, 2.75) is 31.9 Å². The molecule has 4 nitrogen and oxygen atoms in total. The summed E-state index contributed by atoms with van der Waals surface area (Å²) in [5.41, 5.74) is 2.22. The summed E-state index contributed by atoms with van der Waals surface area (Å²) in [5.74, 6) is 0.978. The maximum Gasteiger partial charge on any atom is 0.122 e. The Kier molecular flexibility index (Phi) is 5.88. The fourth-order valence-corrected chi connectivity index (χ4v) is 3.03. The van der Waals surface area contributed by atoms with Gasteiger partial charge in [0.1, 0.15) is 5.75 Å². The van der Waals surface area contributed by atoms with Crippen LogP contribution in [0, 0.1) is 0 Å². The highest BCUT2D eigenvalue weighted by Crippen LogP contribution is 2.30. The largest absolute Gasteiger partial charge is 0.493 e. The van der Waals surface area contributed by atoms with Crippen molar-refractivity contribution in [3.8, 4) is 5.75 Å². The van der Waals surface area contributed by atoms with E-state index in [0.29, 0.717) is 0 Å². The Morgan fingerprint density at radius 2 is 1.95 bits per heavy atom. The van der Waals surface area contributed by atoms with Crippen molar-refractivity contribution in [1.82, 2.24) is 4.90 Å². The first-order valence-corrected chi connectivity index (χ1v) is 7.51. The van der Waals surface area contributed by atoms with Gasteiger partial charge in [-0.2, -0.15) is 0 Å². The Hall–Kier alpha value is -0.810. The molecule has 1 aromatic carbocycles. The molecule has 2 heterocycles. The molecule has 0 aromatic heterocycles. The first kappa shape index (κ1) is 16.6. The van der Waals surface area contributed by atoms with Gasteiger partial charge in [0.2, 0.25) is 0 Å². The molecule has 118 valence electrons. The van der Waals surface area contributed by atoms with E-state index in [4.69, 9.17) is 9.47 Å². The second kappa shape index (κ2) is 7.45. The van der Waals surface area contributed by atoms with Crippen LogP contribution < -0.4 is 4.74 Å². The molecule has 1 N–H and O–H groups in total. The van der Waals surface area contributed by atoms with E-state index in [2.05, 4.69) is 17.9 Å². The Morgan fingerprint density at radius 1 is 1.19 bits per heavy atom. The van der Waals surface area contributed by atoms with Crippen LogP contribution in [0.2, 0.25) is 0 Å². The number of morpholine rings is 1. The number of ether oxygens (including phenoxy) is 2. The van der Waals surface area contributed by atoms with E-state index in [1.807, 2.05) is 12.1 Å². The molecule has 0 aliphatic carbocycles. The second-order valence-electron chi connectivity index (χ2n) is 5.65. The van der Waals surface area contributed by atoms with Gasteiger partial charge >= 0.3 is 0 Å². The van der Waals surface area contributed by atoms with Gasteiger partial charge in [0.25, 0.3) is 0 Å². The summed E-state index contributed by atoms with van der Waals surface area (Å²) in [4.78, 5) is 2.30. The molecule has 1 aromatic rings. The average molecular weight is 314 g/mol. The van der Waals surface area contributed by atoms with Crippen LogP contribution >= 0.6 is 12.4 Å². The quantitative estimate of drug-likeness (QED) is 0.929. The van der Waals surface area contributed by atoms with E-state index >= 15 is 0 Å². The number of hydrogen-bond acceptors (Lipinski definition) is 4. The number of aliphatic hydroxyl groups is 1. The zero-order valence-electron chi connectivity index (χ0n) is 12.5. The lowest BCUT2D eigenvalue weighted by atomic mass is 9.97. The maximum absolute atomic E-state index is 10.6. The smallest absolute Gasteiger partial charge is 0.122 e. The molecule has 0 saturated carbocycles. The van der Waals surface area contributed by atoms with Gasteiger partial charge in [-0.15, -0.1) is 12.4 Å². The molecule has 0 radical (unpaired) electrons. The number of aryl methyl sites for hydroxylation is 1. The summed E-state index contributed by atoms with van der Waals surface area (Å²) in [7, 11) is 0. The maximum atomic E-state index is 10.6. The molecule has 0 spiro atoms. The molecule has 1 saturated heterocycles. The summed E-state index contributed by atoms with van der Waals surface area (Å²) in [5, 5.41) is 10.6. The van der Waals surface area contributed by atoms with E-state index in [9.17, 15) is 5.11 Å². The van der Waals surface area contributed by atoms with Gasteiger partial charge in [-0.05, 0) is 43.0 Å². The highest BCUT2D eigenvalue weighted by molar-refractivity contribution is 5.85. The molecule has 3 rings (SSSR count). The predicted octanol–water partition coefficient (Wildman–Crippen LogP) is 2.19. The molecular weight excluding hydrogens is 290 g/mol. The Bertz CT molecular complexity index is 463. The van der Waals surface area contributed by atoms with Gasteiger partial charge < -0.3 is 14.6 Å². The van der Waals surface area contributed by atoms with Gasteiger partial charge in [0.15, 0.2) is 0 Å². The summed E-state index contributed by atoms with van der Waals surface area (Å²) >= 11 is 0. The van der Waals surface area contributed by atoms with Gasteiger partial charge in [-0.1, -0.05) is 6.07 Å². The fraction of sp³-hybridized carbons (Fsp3) is 0.625. The van der Waals surface area contributed by atoms with E-state index in [-0.39, 0.29) is 18.4 Å². The van der Waals surface area contributed by atoms with Crippen LogP contribution in [0.1, 0.15) is 30.6 Å². The SMILES string of the molecule is CC(C(O)c1ccc2c(c1)CCCO2)N1CCOCC1.Cl. The highest BCUT2D eigenvalue weighted by atomic mass is 35.5. The number of fused-ring (bicyclic) bond motifs is 1. The van der Waals surface area contributed by atoms with Crippen molar-refractivity contribution in [1.29, 1.82) is 0 Å². The fourth-order valence-electron chi connectivity index (χ4n) is 3.03. The zero-order valence-corrected chi connectivity index (χ0v) is 13.3. The van der Waals surface area contributed by atoms with Crippen molar-refractivity contribution in [3.63, 3.8) is 0 Å². The van der Waals surface area contributed by atoms with Crippen molar-refractivity contribution < 1.29 is 14.6 Å². The van der Waals surface area contributed by atoms with Crippen molar-refractivity contribution in [3.05, 3.63) is 29.3 Å². The molecule has 1 fully saturated rings. The normalized spacial score (nSPS) is 21.6. The standard InChI is InChI=1S/C16H23NO3.ClH/c1-12(17-6-9-19-10-7-17)16(18)14-4-5-15-13(11-14)3-2-8-20-15;/h4-5,11-12,16,18H,2-3,6-10H2,1H3;1H. The zero-order chi connectivity index (χ0) is 13.9. The van der Waals surface area contributed by atoms with Crippen LogP contribution in [0.4, 0.5) is 0 Å². The third-order valence-corrected chi connectivity index (χ3v) is 4.35. The second-order valence-corrected chi connectivity index (χ2v) is 5.65. The van der Waals surface area contributed by atoms with Crippen LogP contribution in [-0.2, 0) is 11.2 Å². The molecule has 5 heteroatoms. The van der Waals surface area contributed by atoms with Crippen LogP contribution in [0.3, 0.4) is 0 Å². The number of halogens is 1. The summed E-state index contributed by atoms with van der Waals surface area (Å²) < 4.78 is 11.0. The molecule has 0 bridgehead atoms. The number of aliphatic hydroxyl groups excluding tert-OH is 1. The molecule has 2 atom stereocenters. The molecular formula is C16H24ClNO3. The monoisotopic (exact) mass is 313 g/mol. The third kappa shape index (κ3) is 3.69. The first-order valence-electron chi connectivity index (χ1n) is 7.51. The van der Waals surface area contributed by atoms with Gasteiger partial charge in [-0.3, -0.25) is 4.90 Å². The van der Waals surface area contributed by atoms with Gasteiger partial charge in [0, 0.05) is 19.1 Å². The van der Waals surface area contributed by atoms with Crippen LogP contribution in [0.15, 0.2) is 18.2 Å². The van der Waals surface area contributed by atoms with Crippen LogP contribution in [-0.4, -0.2) is 49.0 Å². The summed E-state index contributed by atoms with van der Waals surface area (Å²) in [6.07, 6.45) is 1.65.